The van der Waals surface area contributed by atoms with Gasteiger partial charge in [0, 0.05) is 25.0 Å². The van der Waals surface area contributed by atoms with Gasteiger partial charge in [-0.3, -0.25) is 4.79 Å². The summed E-state index contributed by atoms with van der Waals surface area (Å²) < 4.78 is 0. The summed E-state index contributed by atoms with van der Waals surface area (Å²) in [7, 11) is 0. The summed E-state index contributed by atoms with van der Waals surface area (Å²) in [5.41, 5.74) is 2.52. The molecular weight excluding hydrogens is 236 g/mol. The number of aryl methyl sites for hydroxylation is 1. The van der Waals surface area contributed by atoms with Crippen molar-refractivity contribution in [3.63, 3.8) is 0 Å². The first-order chi connectivity index (χ1) is 9.02. The van der Waals surface area contributed by atoms with E-state index in [-0.39, 0.29) is 18.0 Å². The molecule has 0 saturated heterocycles. The van der Waals surface area contributed by atoms with Gasteiger partial charge in [0.15, 0.2) is 0 Å². The molecule has 0 aromatic heterocycles. The fraction of sp³-hybridized carbons (Fsp3) is 0.562. The van der Waals surface area contributed by atoms with Crippen LogP contribution in [0.4, 0.5) is 0 Å². The normalized spacial score (nSPS) is 13.9. The molecule has 0 bridgehead atoms. The number of carbonyl (C=O) groups excluding carboxylic acids is 1. The van der Waals surface area contributed by atoms with E-state index in [1.807, 2.05) is 6.92 Å². The van der Waals surface area contributed by atoms with Crippen LogP contribution in [0.2, 0.25) is 0 Å². The largest absolute Gasteiger partial charge is 0.354 e. The Labute approximate surface area is 116 Å². The van der Waals surface area contributed by atoms with Crippen molar-refractivity contribution in [1.82, 2.24) is 10.6 Å². The van der Waals surface area contributed by atoms with Gasteiger partial charge >= 0.3 is 0 Å². The highest BCUT2D eigenvalue weighted by atomic mass is 16.1. The summed E-state index contributed by atoms with van der Waals surface area (Å²) in [5.74, 6) is 0.123. The lowest BCUT2D eigenvalue weighted by Crippen LogP contribution is -2.34. The molecule has 2 atom stereocenters. The average molecular weight is 262 g/mol. The quantitative estimate of drug-likeness (QED) is 0.793. The third-order valence-electron chi connectivity index (χ3n) is 3.40. The molecule has 2 N–H and O–H groups in total. The van der Waals surface area contributed by atoms with E-state index < -0.39 is 0 Å². The highest BCUT2D eigenvalue weighted by Crippen LogP contribution is 2.12. The summed E-state index contributed by atoms with van der Waals surface area (Å²) in [6.07, 6.45) is 1.50. The monoisotopic (exact) mass is 262 g/mol. The van der Waals surface area contributed by atoms with Crippen molar-refractivity contribution < 1.29 is 4.79 Å². The van der Waals surface area contributed by atoms with Crippen molar-refractivity contribution in [2.75, 3.05) is 6.54 Å². The predicted molar refractivity (Wildman–Crippen MR) is 80.1 cm³/mol. The highest BCUT2D eigenvalue weighted by molar-refractivity contribution is 5.76. The molecule has 0 aliphatic carbocycles. The maximum absolute atomic E-state index is 11.6. The van der Waals surface area contributed by atoms with Gasteiger partial charge in [-0.2, -0.15) is 0 Å². The molecule has 0 spiro atoms. The van der Waals surface area contributed by atoms with E-state index in [9.17, 15) is 4.79 Å². The van der Waals surface area contributed by atoms with Gasteiger partial charge < -0.3 is 10.6 Å². The van der Waals surface area contributed by atoms with Crippen LogP contribution in [0.1, 0.15) is 50.8 Å². The van der Waals surface area contributed by atoms with Gasteiger partial charge in [-0.15, -0.1) is 0 Å². The molecule has 1 amide bonds. The van der Waals surface area contributed by atoms with Crippen molar-refractivity contribution in [2.24, 2.45) is 0 Å². The Morgan fingerprint density at radius 1 is 1.21 bits per heavy atom. The van der Waals surface area contributed by atoms with Crippen molar-refractivity contribution in [2.45, 2.75) is 52.6 Å². The average Bonchev–Trinajstić information content (AvgIpc) is 2.39. The molecule has 0 radical (unpaired) electrons. The first-order valence-corrected chi connectivity index (χ1v) is 7.12. The Kier molecular flexibility index (Phi) is 6.57. The van der Waals surface area contributed by atoms with Crippen LogP contribution in [0.15, 0.2) is 24.3 Å². The van der Waals surface area contributed by atoms with Crippen LogP contribution in [0.25, 0.3) is 0 Å². The molecule has 0 fully saturated rings. The SMILES string of the molecule is CCC(C)NC(=O)CCNC(C)c1ccc(C)cc1. The number of rotatable bonds is 7. The van der Waals surface area contributed by atoms with Crippen molar-refractivity contribution >= 4 is 5.91 Å². The summed E-state index contributed by atoms with van der Waals surface area (Å²) >= 11 is 0. The third-order valence-corrected chi connectivity index (χ3v) is 3.40. The van der Waals surface area contributed by atoms with Crippen LogP contribution in [-0.4, -0.2) is 18.5 Å². The summed E-state index contributed by atoms with van der Waals surface area (Å²) in [5, 5.41) is 6.35. The molecule has 106 valence electrons. The molecule has 19 heavy (non-hydrogen) atoms. The summed E-state index contributed by atoms with van der Waals surface area (Å²) in [4.78, 5) is 11.6. The fourth-order valence-electron chi connectivity index (χ4n) is 1.82. The maximum atomic E-state index is 11.6. The van der Waals surface area contributed by atoms with E-state index in [4.69, 9.17) is 0 Å². The Balaban J connectivity index is 2.29. The first kappa shape index (κ1) is 15.7. The zero-order valence-electron chi connectivity index (χ0n) is 12.5. The number of hydrogen-bond acceptors (Lipinski definition) is 2. The van der Waals surface area contributed by atoms with Crippen LogP contribution >= 0.6 is 0 Å². The van der Waals surface area contributed by atoms with E-state index in [0.29, 0.717) is 13.0 Å². The number of hydrogen-bond donors (Lipinski definition) is 2. The van der Waals surface area contributed by atoms with E-state index in [1.54, 1.807) is 0 Å². The third kappa shape index (κ3) is 5.88. The Hall–Kier alpha value is -1.35. The molecule has 1 rings (SSSR count). The Morgan fingerprint density at radius 3 is 2.42 bits per heavy atom. The second-order valence-corrected chi connectivity index (χ2v) is 5.21. The summed E-state index contributed by atoms with van der Waals surface area (Å²) in [6, 6.07) is 9.03. The van der Waals surface area contributed by atoms with Crippen molar-refractivity contribution in [1.29, 1.82) is 0 Å². The van der Waals surface area contributed by atoms with Crippen molar-refractivity contribution in [3.05, 3.63) is 35.4 Å². The van der Waals surface area contributed by atoms with Gasteiger partial charge in [-0.1, -0.05) is 36.8 Å². The molecule has 2 unspecified atom stereocenters. The number of carbonyl (C=O) groups is 1. The van der Waals surface area contributed by atoms with E-state index in [2.05, 4.69) is 55.7 Å². The van der Waals surface area contributed by atoms with Crippen LogP contribution in [-0.2, 0) is 4.79 Å². The van der Waals surface area contributed by atoms with E-state index in [0.717, 1.165) is 6.42 Å². The predicted octanol–water partition coefficient (Wildman–Crippen LogP) is 2.95. The van der Waals surface area contributed by atoms with E-state index >= 15 is 0 Å². The smallest absolute Gasteiger partial charge is 0.221 e. The zero-order chi connectivity index (χ0) is 14.3. The molecule has 0 aliphatic rings. The molecule has 0 aliphatic heterocycles. The molecule has 0 heterocycles. The Bertz CT molecular complexity index is 386. The van der Waals surface area contributed by atoms with Gasteiger partial charge in [0.05, 0.1) is 0 Å². The van der Waals surface area contributed by atoms with Crippen LogP contribution in [0.3, 0.4) is 0 Å². The number of amides is 1. The van der Waals surface area contributed by atoms with Crippen LogP contribution < -0.4 is 10.6 Å². The number of nitrogens with one attached hydrogen (secondary N) is 2. The van der Waals surface area contributed by atoms with Crippen LogP contribution in [0, 0.1) is 6.92 Å². The standard InChI is InChI=1S/C16H26N2O/c1-5-13(3)18-16(19)10-11-17-14(4)15-8-6-12(2)7-9-15/h6-9,13-14,17H,5,10-11H2,1-4H3,(H,18,19). The lowest BCUT2D eigenvalue weighted by molar-refractivity contribution is -0.121. The minimum atomic E-state index is 0.123. The molecule has 1 aromatic rings. The molecule has 0 saturated carbocycles. The fourth-order valence-corrected chi connectivity index (χ4v) is 1.82. The second kappa shape index (κ2) is 7.95. The van der Waals surface area contributed by atoms with E-state index in [1.165, 1.54) is 11.1 Å². The van der Waals surface area contributed by atoms with Crippen LogP contribution in [0.5, 0.6) is 0 Å². The maximum Gasteiger partial charge on any atom is 0.221 e. The molecule has 1 aromatic carbocycles. The topological polar surface area (TPSA) is 41.1 Å². The zero-order valence-corrected chi connectivity index (χ0v) is 12.5. The van der Waals surface area contributed by atoms with Gasteiger partial charge in [0.25, 0.3) is 0 Å². The summed E-state index contributed by atoms with van der Waals surface area (Å²) in [6.45, 7) is 9.01. The minimum Gasteiger partial charge on any atom is -0.354 e. The highest BCUT2D eigenvalue weighted by Gasteiger charge is 2.07. The lowest BCUT2D eigenvalue weighted by Gasteiger charge is -2.15. The van der Waals surface area contributed by atoms with Gasteiger partial charge in [0.1, 0.15) is 0 Å². The minimum absolute atomic E-state index is 0.123. The van der Waals surface area contributed by atoms with Gasteiger partial charge in [-0.25, -0.2) is 0 Å². The van der Waals surface area contributed by atoms with Gasteiger partial charge in [-0.05, 0) is 32.8 Å². The van der Waals surface area contributed by atoms with Crippen molar-refractivity contribution in [3.8, 4) is 0 Å². The molecular formula is C16H26N2O. The molecule has 3 nitrogen and oxygen atoms in total. The second-order valence-electron chi connectivity index (χ2n) is 5.21. The first-order valence-electron chi connectivity index (χ1n) is 7.12. The number of benzene rings is 1. The van der Waals surface area contributed by atoms with Gasteiger partial charge in [0.2, 0.25) is 5.91 Å². The Morgan fingerprint density at radius 2 is 1.84 bits per heavy atom. The lowest BCUT2D eigenvalue weighted by atomic mass is 10.1. The molecule has 3 heteroatoms.